The minimum atomic E-state index is -0.396. The van der Waals surface area contributed by atoms with Crippen LogP contribution in [0.4, 0.5) is 5.69 Å². The second kappa shape index (κ2) is 10.0. The highest BCUT2D eigenvalue weighted by atomic mass is 16.6. The van der Waals surface area contributed by atoms with Crippen LogP contribution in [0.25, 0.3) is 0 Å². The summed E-state index contributed by atoms with van der Waals surface area (Å²) in [5.41, 5.74) is 3.20. The molecule has 2 N–H and O–H groups in total. The second-order valence-corrected chi connectivity index (χ2v) is 6.45. The molecule has 29 heavy (non-hydrogen) atoms. The monoisotopic (exact) mass is 392 g/mol. The number of nitro groups is 1. The van der Waals surface area contributed by atoms with Crippen LogP contribution in [0.5, 0.6) is 0 Å². The van der Waals surface area contributed by atoms with Gasteiger partial charge in [-0.3, -0.25) is 14.8 Å². The van der Waals surface area contributed by atoms with Gasteiger partial charge < -0.3 is 10.6 Å². The van der Waals surface area contributed by atoms with Crippen molar-refractivity contribution in [2.45, 2.75) is 26.6 Å². The third-order valence-electron chi connectivity index (χ3n) is 4.34. The Morgan fingerprint density at radius 2 is 1.97 bits per heavy atom. The first-order valence-corrected chi connectivity index (χ1v) is 9.45. The van der Waals surface area contributed by atoms with Crippen LogP contribution in [0.3, 0.4) is 0 Å². The number of benzene rings is 2. The lowest BCUT2D eigenvalue weighted by Crippen LogP contribution is -2.37. The Morgan fingerprint density at radius 1 is 1.14 bits per heavy atom. The molecule has 1 aromatic heterocycles. The molecule has 2 aromatic carbocycles. The number of rotatable bonds is 8. The van der Waals surface area contributed by atoms with Gasteiger partial charge in [-0.15, -0.1) is 0 Å². The normalized spacial score (nSPS) is 11.3. The number of hydrogen-bond donors (Lipinski definition) is 2. The molecule has 0 atom stereocenters. The zero-order valence-corrected chi connectivity index (χ0v) is 16.3. The topological polar surface area (TPSA) is 97.4 Å². The third-order valence-corrected chi connectivity index (χ3v) is 4.34. The zero-order valence-electron chi connectivity index (χ0n) is 16.3. The van der Waals surface area contributed by atoms with E-state index in [0.29, 0.717) is 25.6 Å². The lowest BCUT2D eigenvalue weighted by atomic mass is 10.1. The van der Waals surface area contributed by atoms with Gasteiger partial charge in [-0.05, 0) is 29.7 Å². The Labute approximate surface area is 169 Å². The standard InChI is InChI=1S/C21H24N6O2/c1-2-22-21(23-14-17-7-5-10-20(13-17)27(28)29)24-15-18-8-3-4-9-19(18)16-26-12-6-11-25-26/h3-13H,2,14-16H2,1H3,(H2,22,23,24). The number of aromatic nitrogens is 2. The second-order valence-electron chi connectivity index (χ2n) is 6.45. The Kier molecular flexibility index (Phi) is 6.94. The van der Waals surface area contributed by atoms with E-state index in [2.05, 4.69) is 32.9 Å². The lowest BCUT2D eigenvalue weighted by molar-refractivity contribution is -0.384. The molecule has 8 heteroatoms. The Hall–Kier alpha value is -3.68. The molecule has 0 radical (unpaired) electrons. The predicted octanol–water partition coefficient (Wildman–Crippen LogP) is 3.09. The number of nitrogens with one attached hydrogen (secondary N) is 2. The van der Waals surface area contributed by atoms with E-state index < -0.39 is 4.92 Å². The summed E-state index contributed by atoms with van der Waals surface area (Å²) in [5, 5.41) is 21.8. The number of nitrogens with zero attached hydrogens (tertiary/aromatic N) is 4. The molecule has 8 nitrogen and oxygen atoms in total. The van der Waals surface area contributed by atoms with Gasteiger partial charge in [-0.25, -0.2) is 4.99 Å². The van der Waals surface area contributed by atoms with Crippen molar-refractivity contribution in [2.75, 3.05) is 6.54 Å². The predicted molar refractivity (Wildman–Crippen MR) is 113 cm³/mol. The SMILES string of the molecule is CCNC(=NCc1cccc([N+](=O)[O-])c1)NCc1ccccc1Cn1cccn1. The van der Waals surface area contributed by atoms with Crippen LogP contribution in [0, 0.1) is 10.1 Å². The van der Waals surface area contributed by atoms with Gasteiger partial charge in [0.2, 0.25) is 0 Å². The summed E-state index contributed by atoms with van der Waals surface area (Å²) >= 11 is 0. The summed E-state index contributed by atoms with van der Waals surface area (Å²) in [6.45, 7) is 4.38. The summed E-state index contributed by atoms with van der Waals surface area (Å²) in [6.07, 6.45) is 3.71. The van der Waals surface area contributed by atoms with Crippen LogP contribution in [-0.4, -0.2) is 27.2 Å². The highest BCUT2D eigenvalue weighted by Crippen LogP contribution is 2.14. The Bertz CT molecular complexity index is 969. The molecule has 0 amide bonds. The lowest BCUT2D eigenvalue weighted by Gasteiger charge is -2.14. The van der Waals surface area contributed by atoms with Crippen molar-refractivity contribution < 1.29 is 4.92 Å². The van der Waals surface area contributed by atoms with E-state index in [4.69, 9.17) is 0 Å². The summed E-state index contributed by atoms with van der Waals surface area (Å²) in [7, 11) is 0. The number of aliphatic imine (C=N–C) groups is 1. The maximum Gasteiger partial charge on any atom is 0.269 e. The third kappa shape index (κ3) is 5.90. The van der Waals surface area contributed by atoms with Gasteiger partial charge in [0, 0.05) is 37.6 Å². The summed E-state index contributed by atoms with van der Waals surface area (Å²) in [4.78, 5) is 15.1. The Balaban J connectivity index is 1.67. The van der Waals surface area contributed by atoms with Crippen LogP contribution >= 0.6 is 0 Å². The van der Waals surface area contributed by atoms with Crippen LogP contribution in [-0.2, 0) is 19.6 Å². The van der Waals surface area contributed by atoms with Crippen LogP contribution in [0.2, 0.25) is 0 Å². The minimum absolute atomic E-state index is 0.0724. The molecule has 1 heterocycles. The molecule has 0 unspecified atom stereocenters. The van der Waals surface area contributed by atoms with E-state index in [1.165, 1.54) is 11.6 Å². The molecule has 0 spiro atoms. The highest BCUT2D eigenvalue weighted by Gasteiger charge is 2.07. The fourth-order valence-corrected chi connectivity index (χ4v) is 2.91. The van der Waals surface area contributed by atoms with Crippen molar-refractivity contribution in [2.24, 2.45) is 4.99 Å². The maximum absolute atomic E-state index is 10.9. The van der Waals surface area contributed by atoms with Crippen LogP contribution < -0.4 is 10.6 Å². The van der Waals surface area contributed by atoms with Crippen molar-refractivity contribution in [1.82, 2.24) is 20.4 Å². The van der Waals surface area contributed by atoms with Crippen LogP contribution in [0.15, 0.2) is 72.0 Å². The summed E-state index contributed by atoms with van der Waals surface area (Å²) < 4.78 is 1.89. The van der Waals surface area contributed by atoms with Crippen molar-refractivity contribution in [1.29, 1.82) is 0 Å². The molecule has 0 aliphatic heterocycles. The van der Waals surface area contributed by atoms with Gasteiger partial charge in [0.05, 0.1) is 18.0 Å². The zero-order chi connectivity index (χ0) is 20.5. The average molecular weight is 392 g/mol. The van der Waals surface area contributed by atoms with Gasteiger partial charge >= 0.3 is 0 Å². The summed E-state index contributed by atoms with van der Waals surface area (Å²) in [6, 6.07) is 16.6. The molecule has 0 fully saturated rings. The van der Waals surface area contributed by atoms with Gasteiger partial charge in [0.25, 0.3) is 5.69 Å². The number of guanidine groups is 1. The first-order valence-electron chi connectivity index (χ1n) is 9.45. The maximum atomic E-state index is 10.9. The fourth-order valence-electron chi connectivity index (χ4n) is 2.91. The minimum Gasteiger partial charge on any atom is -0.357 e. The Morgan fingerprint density at radius 3 is 2.69 bits per heavy atom. The summed E-state index contributed by atoms with van der Waals surface area (Å²) in [5.74, 6) is 0.660. The molecule has 0 bridgehead atoms. The number of non-ortho nitro benzene ring substituents is 1. The van der Waals surface area contributed by atoms with Crippen molar-refractivity contribution in [3.8, 4) is 0 Å². The van der Waals surface area contributed by atoms with Crippen molar-refractivity contribution >= 4 is 11.6 Å². The van der Waals surface area contributed by atoms with E-state index in [1.807, 2.05) is 42.1 Å². The molecule has 3 aromatic rings. The molecule has 0 aliphatic rings. The first kappa shape index (κ1) is 20.1. The molecule has 3 rings (SSSR count). The molecule has 0 saturated carbocycles. The van der Waals surface area contributed by atoms with Gasteiger partial charge in [-0.2, -0.15) is 5.10 Å². The van der Waals surface area contributed by atoms with Gasteiger partial charge in [-0.1, -0.05) is 36.4 Å². The smallest absolute Gasteiger partial charge is 0.269 e. The van der Waals surface area contributed by atoms with Crippen LogP contribution in [0.1, 0.15) is 23.6 Å². The number of hydrogen-bond acceptors (Lipinski definition) is 4. The van der Waals surface area contributed by atoms with E-state index in [-0.39, 0.29) is 5.69 Å². The first-order chi connectivity index (χ1) is 14.2. The highest BCUT2D eigenvalue weighted by molar-refractivity contribution is 5.79. The van der Waals surface area contributed by atoms with E-state index in [0.717, 1.165) is 17.7 Å². The molecular weight excluding hydrogens is 368 g/mol. The number of nitro benzene ring substituents is 1. The molecule has 0 saturated heterocycles. The average Bonchev–Trinajstić information content (AvgIpc) is 3.24. The van der Waals surface area contributed by atoms with Gasteiger partial charge in [0.15, 0.2) is 5.96 Å². The van der Waals surface area contributed by atoms with Crippen molar-refractivity contribution in [3.63, 3.8) is 0 Å². The van der Waals surface area contributed by atoms with Crippen molar-refractivity contribution in [3.05, 3.63) is 93.8 Å². The molecule has 0 aliphatic carbocycles. The molecule has 150 valence electrons. The quantitative estimate of drug-likeness (QED) is 0.266. The largest absolute Gasteiger partial charge is 0.357 e. The van der Waals surface area contributed by atoms with E-state index in [1.54, 1.807) is 18.3 Å². The van der Waals surface area contributed by atoms with Gasteiger partial charge in [0.1, 0.15) is 0 Å². The van der Waals surface area contributed by atoms with E-state index >= 15 is 0 Å². The van der Waals surface area contributed by atoms with E-state index in [9.17, 15) is 10.1 Å². The molecular formula is C21H24N6O2. The fraction of sp³-hybridized carbons (Fsp3) is 0.238.